The van der Waals surface area contributed by atoms with Crippen LogP contribution in [0.2, 0.25) is 0 Å². The zero-order chi connectivity index (χ0) is 17.2. The van der Waals surface area contributed by atoms with E-state index < -0.39 is 0 Å². The number of ether oxygens (including phenoxy) is 1. The number of carbonyl (C=O) groups excluding carboxylic acids is 2. The van der Waals surface area contributed by atoms with E-state index in [9.17, 15) is 9.59 Å². The Morgan fingerprint density at radius 2 is 2.00 bits per heavy atom. The molecule has 132 valence electrons. The quantitative estimate of drug-likeness (QED) is 0.744. The van der Waals surface area contributed by atoms with Crippen LogP contribution in [0.5, 0.6) is 5.75 Å². The molecule has 0 atom stereocenters. The van der Waals surface area contributed by atoms with E-state index >= 15 is 0 Å². The Labute approximate surface area is 144 Å². The molecule has 24 heavy (non-hydrogen) atoms. The molecule has 0 bridgehead atoms. The van der Waals surface area contributed by atoms with E-state index in [0.717, 1.165) is 56.5 Å². The van der Waals surface area contributed by atoms with Gasteiger partial charge in [-0.15, -0.1) is 0 Å². The number of amides is 2. The summed E-state index contributed by atoms with van der Waals surface area (Å²) in [5.74, 6) is 1.15. The second kappa shape index (κ2) is 9.96. The van der Waals surface area contributed by atoms with Gasteiger partial charge in [0.1, 0.15) is 5.75 Å². The number of carbonyl (C=O) groups is 2. The first kappa shape index (κ1) is 18.3. The Bertz CT molecular complexity index is 528. The van der Waals surface area contributed by atoms with Gasteiger partial charge in [0.15, 0.2) is 0 Å². The molecule has 2 rings (SSSR count). The molecule has 1 N–H and O–H groups in total. The van der Waals surface area contributed by atoms with Crippen molar-refractivity contribution >= 4 is 11.8 Å². The van der Waals surface area contributed by atoms with Crippen LogP contribution >= 0.6 is 0 Å². The fraction of sp³-hybridized carbons (Fsp3) is 0.579. The van der Waals surface area contributed by atoms with Crippen molar-refractivity contribution in [2.45, 2.75) is 44.9 Å². The standard InChI is InChI=1S/C19H28N2O3/c1-24-17-10-7-16(8-11-17)9-12-18(22)20-13-5-15-21-14-4-2-3-6-19(21)23/h7-8,10-11H,2-6,9,12-15H2,1H3,(H,20,22). The lowest BCUT2D eigenvalue weighted by molar-refractivity contribution is -0.130. The molecule has 1 saturated heterocycles. The summed E-state index contributed by atoms with van der Waals surface area (Å²) in [6.07, 6.45) is 5.95. The van der Waals surface area contributed by atoms with Gasteiger partial charge in [0.2, 0.25) is 11.8 Å². The molecular weight excluding hydrogens is 304 g/mol. The zero-order valence-corrected chi connectivity index (χ0v) is 14.6. The third-order valence-electron chi connectivity index (χ3n) is 4.40. The predicted octanol–water partition coefficient (Wildman–Crippen LogP) is 2.54. The molecule has 1 aromatic carbocycles. The maximum absolute atomic E-state index is 11.9. The van der Waals surface area contributed by atoms with E-state index in [0.29, 0.717) is 19.4 Å². The van der Waals surface area contributed by atoms with E-state index in [1.165, 1.54) is 0 Å². The Hall–Kier alpha value is -2.04. The minimum Gasteiger partial charge on any atom is -0.497 e. The van der Waals surface area contributed by atoms with E-state index in [1.807, 2.05) is 29.2 Å². The van der Waals surface area contributed by atoms with Crippen LogP contribution in [-0.2, 0) is 16.0 Å². The highest BCUT2D eigenvalue weighted by molar-refractivity contribution is 5.76. The average Bonchev–Trinajstić information content (AvgIpc) is 2.81. The highest BCUT2D eigenvalue weighted by Gasteiger charge is 2.15. The van der Waals surface area contributed by atoms with E-state index in [-0.39, 0.29) is 11.8 Å². The molecule has 1 aliphatic heterocycles. The van der Waals surface area contributed by atoms with Crippen LogP contribution in [0, 0.1) is 0 Å². The highest BCUT2D eigenvalue weighted by atomic mass is 16.5. The summed E-state index contributed by atoms with van der Waals surface area (Å²) in [6, 6.07) is 7.78. The molecule has 1 aliphatic rings. The van der Waals surface area contributed by atoms with Crippen molar-refractivity contribution in [3.05, 3.63) is 29.8 Å². The lowest BCUT2D eigenvalue weighted by Gasteiger charge is -2.20. The van der Waals surface area contributed by atoms with Crippen LogP contribution in [0.4, 0.5) is 0 Å². The van der Waals surface area contributed by atoms with Crippen molar-refractivity contribution in [1.29, 1.82) is 0 Å². The van der Waals surface area contributed by atoms with Gasteiger partial charge < -0.3 is 15.0 Å². The van der Waals surface area contributed by atoms with Crippen molar-refractivity contribution in [1.82, 2.24) is 10.2 Å². The maximum Gasteiger partial charge on any atom is 0.222 e. The number of hydrogen-bond acceptors (Lipinski definition) is 3. The highest BCUT2D eigenvalue weighted by Crippen LogP contribution is 2.13. The summed E-state index contributed by atoms with van der Waals surface area (Å²) in [5.41, 5.74) is 1.13. The number of methoxy groups -OCH3 is 1. The van der Waals surface area contributed by atoms with Gasteiger partial charge >= 0.3 is 0 Å². The third-order valence-corrected chi connectivity index (χ3v) is 4.40. The van der Waals surface area contributed by atoms with Crippen LogP contribution in [0.25, 0.3) is 0 Å². The summed E-state index contributed by atoms with van der Waals surface area (Å²) >= 11 is 0. The van der Waals surface area contributed by atoms with E-state index in [4.69, 9.17) is 4.74 Å². The third kappa shape index (κ3) is 6.22. The Balaban J connectivity index is 1.59. The molecule has 5 nitrogen and oxygen atoms in total. The van der Waals surface area contributed by atoms with Crippen LogP contribution in [-0.4, -0.2) is 43.5 Å². The van der Waals surface area contributed by atoms with Crippen molar-refractivity contribution < 1.29 is 14.3 Å². The molecule has 1 heterocycles. The number of rotatable bonds is 8. The smallest absolute Gasteiger partial charge is 0.222 e. The molecule has 0 aromatic heterocycles. The topological polar surface area (TPSA) is 58.6 Å². The molecule has 5 heteroatoms. The van der Waals surface area contributed by atoms with Crippen molar-refractivity contribution in [3.63, 3.8) is 0 Å². The summed E-state index contributed by atoms with van der Waals surface area (Å²) in [6.45, 7) is 2.24. The average molecular weight is 332 g/mol. The number of likely N-dealkylation sites (tertiary alicyclic amines) is 1. The molecular formula is C19H28N2O3. The van der Waals surface area contributed by atoms with Crippen LogP contribution in [0.15, 0.2) is 24.3 Å². The van der Waals surface area contributed by atoms with Crippen LogP contribution in [0.3, 0.4) is 0 Å². The number of nitrogens with one attached hydrogen (secondary N) is 1. The van der Waals surface area contributed by atoms with Gasteiger partial charge in [-0.2, -0.15) is 0 Å². The summed E-state index contributed by atoms with van der Waals surface area (Å²) in [5, 5.41) is 2.94. The Morgan fingerprint density at radius 3 is 2.75 bits per heavy atom. The second-order valence-electron chi connectivity index (χ2n) is 6.24. The normalized spacial score (nSPS) is 15.0. The largest absolute Gasteiger partial charge is 0.497 e. The summed E-state index contributed by atoms with van der Waals surface area (Å²) in [7, 11) is 1.64. The van der Waals surface area contributed by atoms with Gasteiger partial charge in [0.25, 0.3) is 0 Å². The van der Waals surface area contributed by atoms with Gasteiger partial charge in [-0.25, -0.2) is 0 Å². The second-order valence-corrected chi connectivity index (χ2v) is 6.24. The SMILES string of the molecule is COc1ccc(CCC(=O)NCCCN2CCCCCC2=O)cc1. The van der Waals surface area contributed by atoms with Crippen molar-refractivity contribution in [2.75, 3.05) is 26.7 Å². The Kier molecular flexibility index (Phi) is 7.59. The van der Waals surface area contributed by atoms with E-state index in [1.54, 1.807) is 7.11 Å². The first-order valence-electron chi connectivity index (χ1n) is 8.86. The van der Waals surface area contributed by atoms with Gasteiger partial charge in [-0.3, -0.25) is 9.59 Å². The lowest BCUT2D eigenvalue weighted by Crippen LogP contribution is -2.34. The van der Waals surface area contributed by atoms with Crippen LogP contribution < -0.4 is 10.1 Å². The molecule has 0 saturated carbocycles. The first-order chi connectivity index (χ1) is 11.7. The molecule has 1 aromatic rings. The number of aryl methyl sites for hydroxylation is 1. The fourth-order valence-electron chi connectivity index (χ4n) is 2.91. The minimum absolute atomic E-state index is 0.0630. The van der Waals surface area contributed by atoms with Crippen molar-refractivity contribution in [2.24, 2.45) is 0 Å². The monoisotopic (exact) mass is 332 g/mol. The fourth-order valence-corrected chi connectivity index (χ4v) is 2.91. The molecule has 2 amide bonds. The van der Waals surface area contributed by atoms with Gasteiger partial charge in [-0.1, -0.05) is 18.6 Å². The van der Waals surface area contributed by atoms with Crippen LogP contribution in [0.1, 0.15) is 44.1 Å². The Morgan fingerprint density at radius 1 is 1.21 bits per heavy atom. The van der Waals surface area contributed by atoms with Crippen molar-refractivity contribution in [3.8, 4) is 5.75 Å². The molecule has 0 unspecified atom stereocenters. The number of nitrogens with zero attached hydrogens (tertiary/aromatic N) is 1. The zero-order valence-electron chi connectivity index (χ0n) is 14.6. The summed E-state index contributed by atoms with van der Waals surface area (Å²) in [4.78, 5) is 25.7. The first-order valence-corrected chi connectivity index (χ1v) is 8.86. The lowest BCUT2D eigenvalue weighted by atomic mass is 10.1. The van der Waals surface area contributed by atoms with Gasteiger partial charge in [-0.05, 0) is 43.4 Å². The predicted molar refractivity (Wildman–Crippen MR) is 94.0 cm³/mol. The molecule has 0 aliphatic carbocycles. The summed E-state index contributed by atoms with van der Waals surface area (Å²) < 4.78 is 5.12. The van der Waals surface area contributed by atoms with E-state index in [2.05, 4.69) is 5.32 Å². The number of hydrogen-bond donors (Lipinski definition) is 1. The minimum atomic E-state index is 0.0630. The molecule has 0 radical (unpaired) electrons. The maximum atomic E-state index is 11.9. The molecule has 0 spiro atoms. The molecule has 1 fully saturated rings. The van der Waals surface area contributed by atoms with Gasteiger partial charge in [0.05, 0.1) is 7.11 Å². The van der Waals surface area contributed by atoms with Gasteiger partial charge in [0, 0.05) is 32.5 Å². The number of benzene rings is 1.